The zero-order valence-corrected chi connectivity index (χ0v) is 8.74. The quantitative estimate of drug-likeness (QED) is 0.864. The van der Waals surface area contributed by atoms with Crippen molar-refractivity contribution in [2.24, 2.45) is 0 Å². The average molecular weight is 222 g/mol. The number of rotatable bonds is 3. The molecular weight excluding hydrogens is 211 g/mol. The Labute approximate surface area is 91.8 Å². The highest BCUT2D eigenvalue weighted by Gasteiger charge is 2.11. The molecule has 0 aliphatic rings. The molecule has 2 rings (SSSR count). The molecule has 0 amide bonds. The molecule has 0 radical (unpaired) electrons. The maximum atomic E-state index is 13.1. The number of anilines is 1. The first-order valence-electron chi connectivity index (χ1n) is 4.70. The highest BCUT2D eigenvalue weighted by molar-refractivity contribution is 5.64. The fourth-order valence-electron chi connectivity index (χ4n) is 1.49. The molecule has 0 unspecified atom stereocenters. The van der Waals surface area contributed by atoms with Crippen molar-refractivity contribution < 1.29 is 13.7 Å². The summed E-state index contributed by atoms with van der Waals surface area (Å²) < 4.78 is 23.1. The van der Waals surface area contributed by atoms with Crippen LogP contribution in [0.2, 0.25) is 0 Å². The van der Waals surface area contributed by atoms with Crippen molar-refractivity contribution in [3.63, 3.8) is 0 Å². The predicted molar refractivity (Wildman–Crippen MR) is 57.0 cm³/mol. The van der Waals surface area contributed by atoms with E-state index in [1.165, 1.54) is 12.1 Å². The van der Waals surface area contributed by atoms with Crippen LogP contribution in [0, 0.1) is 5.82 Å². The van der Waals surface area contributed by atoms with Gasteiger partial charge in [0.05, 0.1) is 6.61 Å². The number of nitrogen functional groups attached to an aromatic ring is 1. The number of ether oxygens (including phenoxy) is 1. The number of aromatic nitrogens is 1. The zero-order valence-electron chi connectivity index (χ0n) is 8.74. The fraction of sp³-hybridized carbons (Fsp3) is 0.182. The molecule has 1 aromatic carbocycles. The van der Waals surface area contributed by atoms with Crippen LogP contribution in [0.1, 0.15) is 5.56 Å². The van der Waals surface area contributed by atoms with Gasteiger partial charge in [-0.05, 0) is 23.8 Å². The topological polar surface area (TPSA) is 61.3 Å². The Hall–Kier alpha value is -1.88. The van der Waals surface area contributed by atoms with E-state index >= 15 is 0 Å². The van der Waals surface area contributed by atoms with Crippen molar-refractivity contribution in [1.29, 1.82) is 0 Å². The van der Waals surface area contributed by atoms with Crippen LogP contribution in [-0.2, 0) is 11.3 Å². The first-order valence-corrected chi connectivity index (χ1v) is 4.70. The lowest BCUT2D eigenvalue weighted by atomic mass is 10.1. The Morgan fingerprint density at radius 1 is 1.44 bits per heavy atom. The van der Waals surface area contributed by atoms with Crippen molar-refractivity contribution >= 4 is 5.82 Å². The summed E-state index contributed by atoms with van der Waals surface area (Å²) >= 11 is 0. The lowest BCUT2D eigenvalue weighted by molar-refractivity contribution is 0.185. The summed E-state index contributed by atoms with van der Waals surface area (Å²) in [6.07, 6.45) is 0. The molecule has 84 valence electrons. The Bertz CT molecular complexity index is 496. The van der Waals surface area contributed by atoms with E-state index in [1.807, 2.05) is 0 Å². The van der Waals surface area contributed by atoms with Crippen molar-refractivity contribution in [2.45, 2.75) is 6.61 Å². The molecule has 0 atom stereocenters. The average Bonchev–Trinajstić information content (AvgIpc) is 2.65. The minimum absolute atomic E-state index is 0.294. The Morgan fingerprint density at radius 3 is 2.88 bits per heavy atom. The molecule has 1 aromatic heterocycles. The van der Waals surface area contributed by atoms with Crippen molar-refractivity contribution in [1.82, 2.24) is 5.16 Å². The van der Waals surface area contributed by atoms with Gasteiger partial charge in [0.1, 0.15) is 5.82 Å². The first-order chi connectivity index (χ1) is 7.70. The Morgan fingerprint density at radius 2 is 2.25 bits per heavy atom. The van der Waals surface area contributed by atoms with Crippen LogP contribution < -0.4 is 5.73 Å². The molecule has 0 aliphatic carbocycles. The third kappa shape index (κ3) is 2.04. The van der Waals surface area contributed by atoms with Crippen LogP contribution >= 0.6 is 0 Å². The molecule has 0 bridgehead atoms. The molecule has 0 saturated heterocycles. The van der Waals surface area contributed by atoms with E-state index in [4.69, 9.17) is 15.0 Å². The SMILES string of the molecule is COCc1cc(F)ccc1-c1cc(N)no1. The summed E-state index contributed by atoms with van der Waals surface area (Å²) in [5.74, 6) is 0.482. The second-order valence-electron chi connectivity index (χ2n) is 3.35. The van der Waals surface area contributed by atoms with Crippen LogP contribution in [0.4, 0.5) is 10.2 Å². The summed E-state index contributed by atoms with van der Waals surface area (Å²) in [5.41, 5.74) is 6.88. The van der Waals surface area contributed by atoms with Gasteiger partial charge in [-0.1, -0.05) is 5.16 Å². The predicted octanol–water partition coefficient (Wildman–Crippen LogP) is 2.21. The molecule has 0 spiro atoms. The number of hydrogen-bond donors (Lipinski definition) is 1. The Balaban J connectivity index is 2.47. The maximum absolute atomic E-state index is 13.1. The second kappa shape index (κ2) is 4.32. The van der Waals surface area contributed by atoms with Gasteiger partial charge in [-0.25, -0.2) is 4.39 Å². The molecule has 16 heavy (non-hydrogen) atoms. The van der Waals surface area contributed by atoms with Gasteiger partial charge < -0.3 is 15.0 Å². The number of nitrogens with two attached hydrogens (primary N) is 1. The molecule has 0 fully saturated rings. The third-order valence-corrected chi connectivity index (χ3v) is 2.16. The van der Waals surface area contributed by atoms with Gasteiger partial charge in [-0.2, -0.15) is 0 Å². The van der Waals surface area contributed by atoms with Crippen LogP contribution in [0.15, 0.2) is 28.8 Å². The van der Waals surface area contributed by atoms with E-state index in [2.05, 4.69) is 5.16 Å². The zero-order chi connectivity index (χ0) is 11.5. The van der Waals surface area contributed by atoms with E-state index in [9.17, 15) is 4.39 Å². The van der Waals surface area contributed by atoms with Gasteiger partial charge in [0.2, 0.25) is 0 Å². The van der Waals surface area contributed by atoms with Gasteiger partial charge in [-0.3, -0.25) is 0 Å². The van der Waals surface area contributed by atoms with Crippen LogP contribution in [0.25, 0.3) is 11.3 Å². The molecule has 0 saturated carbocycles. The van der Waals surface area contributed by atoms with Gasteiger partial charge in [0.15, 0.2) is 11.6 Å². The Kier molecular flexibility index (Phi) is 2.87. The van der Waals surface area contributed by atoms with Gasteiger partial charge in [0, 0.05) is 18.7 Å². The van der Waals surface area contributed by atoms with Gasteiger partial charge in [-0.15, -0.1) is 0 Å². The van der Waals surface area contributed by atoms with Gasteiger partial charge >= 0.3 is 0 Å². The molecule has 2 aromatic rings. The van der Waals surface area contributed by atoms with Crippen molar-refractivity contribution in [3.8, 4) is 11.3 Å². The number of halogens is 1. The van der Waals surface area contributed by atoms with E-state index in [1.54, 1.807) is 19.2 Å². The third-order valence-electron chi connectivity index (χ3n) is 2.16. The van der Waals surface area contributed by atoms with E-state index < -0.39 is 0 Å². The normalized spacial score (nSPS) is 10.6. The monoisotopic (exact) mass is 222 g/mol. The van der Waals surface area contributed by atoms with Crippen LogP contribution in [0.3, 0.4) is 0 Å². The largest absolute Gasteiger partial charge is 0.381 e. The number of methoxy groups -OCH3 is 1. The lowest BCUT2D eigenvalue weighted by Crippen LogP contribution is -1.92. The number of hydrogen-bond acceptors (Lipinski definition) is 4. The standard InChI is InChI=1S/C11H11FN2O2/c1-15-6-7-4-8(12)2-3-9(7)10-5-11(13)14-16-10/h2-5H,6H2,1H3,(H2,13,14). The minimum Gasteiger partial charge on any atom is -0.381 e. The van der Waals surface area contributed by atoms with Crippen LogP contribution in [-0.4, -0.2) is 12.3 Å². The summed E-state index contributed by atoms with van der Waals surface area (Å²) in [4.78, 5) is 0. The summed E-state index contributed by atoms with van der Waals surface area (Å²) in [6, 6.07) is 5.96. The highest BCUT2D eigenvalue weighted by Crippen LogP contribution is 2.26. The molecule has 1 heterocycles. The first kappa shape index (κ1) is 10.6. The maximum Gasteiger partial charge on any atom is 0.169 e. The molecule has 4 nitrogen and oxygen atoms in total. The molecule has 0 aliphatic heterocycles. The second-order valence-corrected chi connectivity index (χ2v) is 3.35. The van der Waals surface area contributed by atoms with Crippen molar-refractivity contribution in [2.75, 3.05) is 12.8 Å². The van der Waals surface area contributed by atoms with Crippen molar-refractivity contribution in [3.05, 3.63) is 35.6 Å². The summed E-state index contributed by atoms with van der Waals surface area (Å²) in [5, 5.41) is 3.58. The molecule has 2 N–H and O–H groups in total. The number of nitrogens with zero attached hydrogens (tertiary/aromatic N) is 1. The fourth-order valence-corrected chi connectivity index (χ4v) is 1.49. The van der Waals surface area contributed by atoms with E-state index in [0.717, 1.165) is 5.56 Å². The summed E-state index contributed by atoms with van der Waals surface area (Å²) in [7, 11) is 1.55. The molecular formula is C11H11FN2O2. The van der Waals surface area contributed by atoms with E-state index in [0.29, 0.717) is 23.7 Å². The van der Waals surface area contributed by atoms with Crippen LogP contribution in [0.5, 0.6) is 0 Å². The smallest absolute Gasteiger partial charge is 0.169 e. The number of benzene rings is 1. The minimum atomic E-state index is -0.316. The lowest BCUT2D eigenvalue weighted by Gasteiger charge is -2.05. The van der Waals surface area contributed by atoms with Gasteiger partial charge in [0.25, 0.3) is 0 Å². The van der Waals surface area contributed by atoms with E-state index in [-0.39, 0.29) is 5.82 Å². The summed E-state index contributed by atoms with van der Waals surface area (Å²) in [6.45, 7) is 0.299. The highest BCUT2D eigenvalue weighted by atomic mass is 19.1. The molecule has 5 heteroatoms.